The molecule has 1 aliphatic heterocycles. The summed E-state index contributed by atoms with van der Waals surface area (Å²) in [6.45, 7) is 1.61. The molecule has 1 saturated heterocycles. The van der Waals surface area contributed by atoms with Gasteiger partial charge in [-0.1, -0.05) is 28.1 Å². The van der Waals surface area contributed by atoms with Crippen molar-refractivity contribution in [1.82, 2.24) is 4.57 Å². The molecule has 0 aliphatic carbocycles. The van der Waals surface area contributed by atoms with Crippen LogP contribution in [0.15, 0.2) is 40.9 Å². The molecule has 2 heterocycles. The molecule has 0 radical (unpaired) electrons. The highest BCUT2D eigenvalue weighted by molar-refractivity contribution is 9.10. The van der Waals surface area contributed by atoms with Crippen LogP contribution >= 0.6 is 15.9 Å². The van der Waals surface area contributed by atoms with E-state index in [1.165, 1.54) is 0 Å². The highest BCUT2D eigenvalue weighted by Gasteiger charge is 2.19. The number of carboxylic acids is 1. The first kappa shape index (κ1) is 16.3. The van der Waals surface area contributed by atoms with Crippen LogP contribution in [0, 0.1) is 0 Å². The van der Waals surface area contributed by atoms with Crippen molar-refractivity contribution in [2.45, 2.75) is 38.3 Å². The molecule has 0 amide bonds. The number of rotatable bonds is 6. The molecule has 0 bridgehead atoms. The van der Waals surface area contributed by atoms with E-state index in [-0.39, 0.29) is 12.5 Å². The lowest BCUT2D eigenvalue weighted by molar-refractivity contribution is -0.136. The Morgan fingerprint density at radius 1 is 1.26 bits per heavy atom. The van der Waals surface area contributed by atoms with Crippen LogP contribution in [0.4, 0.5) is 0 Å². The van der Waals surface area contributed by atoms with Gasteiger partial charge in [0.25, 0.3) is 0 Å². The van der Waals surface area contributed by atoms with Crippen molar-refractivity contribution in [1.29, 1.82) is 0 Å². The van der Waals surface area contributed by atoms with E-state index in [2.05, 4.69) is 38.7 Å². The average molecular weight is 378 g/mol. The van der Waals surface area contributed by atoms with Gasteiger partial charge in [-0.2, -0.15) is 0 Å². The third-order valence-corrected chi connectivity index (χ3v) is 4.74. The molecule has 1 aliphatic rings. The summed E-state index contributed by atoms with van der Waals surface area (Å²) in [6.07, 6.45) is 3.08. The van der Waals surface area contributed by atoms with Crippen LogP contribution in [0.25, 0.3) is 11.3 Å². The molecule has 1 aromatic heterocycles. The van der Waals surface area contributed by atoms with Gasteiger partial charge in [0.05, 0.1) is 12.5 Å². The van der Waals surface area contributed by atoms with Gasteiger partial charge in [0, 0.05) is 29.0 Å². The number of aromatic nitrogens is 1. The van der Waals surface area contributed by atoms with E-state index >= 15 is 0 Å². The summed E-state index contributed by atoms with van der Waals surface area (Å²) in [7, 11) is 0. The summed E-state index contributed by atoms with van der Waals surface area (Å²) in [5, 5.41) is 8.97. The number of halogens is 1. The first-order valence-corrected chi connectivity index (χ1v) is 8.70. The van der Waals surface area contributed by atoms with Crippen LogP contribution in [-0.2, 0) is 22.5 Å². The molecule has 23 heavy (non-hydrogen) atoms. The quantitative estimate of drug-likeness (QED) is 0.823. The Hall–Kier alpha value is -1.59. The molecular formula is C18H20BrNO3. The van der Waals surface area contributed by atoms with Crippen molar-refractivity contribution >= 4 is 21.9 Å². The monoisotopic (exact) mass is 377 g/mol. The maximum absolute atomic E-state index is 10.9. The average Bonchev–Trinajstić information content (AvgIpc) is 3.17. The Morgan fingerprint density at radius 2 is 2.04 bits per heavy atom. The molecule has 0 unspecified atom stereocenters. The fourth-order valence-corrected chi connectivity index (χ4v) is 3.31. The number of aliphatic carboxylic acids is 1. The lowest BCUT2D eigenvalue weighted by Gasteiger charge is -2.17. The number of hydrogen-bond acceptors (Lipinski definition) is 2. The van der Waals surface area contributed by atoms with Gasteiger partial charge in [0.15, 0.2) is 0 Å². The van der Waals surface area contributed by atoms with Gasteiger partial charge in [0.1, 0.15) is 0 Å². The van der Waals surface area contributed by atoms with Crippen LogP contribution in [0.3, 0.4) is 0 Å². The van der Waals surface area contributed by atoms with E-state index in [4.69, 9.17) is 9.84 Å². The van der Waals surface area contributed by atoms with Gasteiger partial charge < -0.3 is 14.4 Å². The van der Waals surface area contributed by atoms with Crippen LogP contribution in [-0.4, -0.2) is 28.4 Å². The van der Waals surface area contributed by atoms with Crippen LogP contribution < -0.4 is 0 Å². The van der Waals surface area contributed by atoms with E-state index in [0.717, 1.165) is 47.4 Å². The van der Waals surface area contributed by atoms with E-state index < -0.39 is 5.97 Å². The maximum Gasteiger partial charge on any atom is 0.303 e. The number of hydrogen-bond donors (Lipinski definition) is 1. The number of nitrogens with zero attached hydrogens (tertiary/aromatic N) is 1. The van der Waals surface area contributed by atoms with Gasteiger partial charge in [-0.25, -0.2) is 0 Å². The minimum absolute atomic E-state index is 0.148. The number of aryl methyl sites for hydroxylation is 1. The first-order valence-electron chi connectivity index (χ1n) is 7.91. The van der Waals surface area contributed by atoms with Crippen molar-refractivity contribution < 1.29 is 14.6 Å². The number of ether oxygens (including phenoxy) is 1. The Labute approximate surface area is 144 Å². The van der Waals surface area contributed by atoms with Crippen LogP contribution in [0.5, 0.6) is 0 Å². The predicted octanol–water partition coefficient (Wildman–Crippen LogP) is 4.11. The van der Waals surface area contributed by atoms with Crippen molar-refractivity contribution in [3.63, 3.8) is 0 Å². The van der Waals surface area contributed by atoms with Crippen molar-refractivity contribution in [2.24, 2.45) is 0 Å². The van der Waals surface area contributed by atoms with Gasteiger partial charge >= 0.3 is 5.97 Å². The molecule has 3 rings (SSSR count). The maximum atomic E-state index is 10.9. The molecule has 4 nitrogen and oxygen atoms in total. The van der Waals surface area contributed by atoms with Gasteiger partial charge in [-0.3, -0.25) is 4.79 Å². The van der Waals surface area contributed by atoms with E-state index in [1.54, 1.807) is 0 Å². The predicted molar refractivity (Wildman–Crippen MR) is 92.5 cm³/mol. The van der Waals surface area contributed by atoms with E-state index in [0.29, 0.717) is 6.42 Å². The van der Waals surface area contributed by atoms with Gasteiger partial charge in [-0.15, -0.1) is 0 Å². The third-order valence-electron chi connectivity index (χ3n) is 4.22. The van der Waals surface area contributed by atoms with E-state index in [9.17, 15) is 4.79 Å². The number of carboxylic acid groups (broad SMARTS) is 1. The fraction of sp³-hybridized carbons (Fsp3) is 0.389. The zero-order chi connectivity index (χ0) is 16.2. The SMILES string of the molecule is O=C(O)CCc1ccc(-c2ccc(Br)cc2)n1C[C@@H]1CCCO1. The second-order valence-corrected chi connectivity index (χ2v) is 6.77. The van der Waals surface area contributed by atoms with E-state index in [1.807, 2.05) is 18.2 Å². The highest BCUT2D eigenvalue weighted by atomic mass is 79.9. The number of carbonyl (C=O) groups is 1. The lowest BCUT2D eigenvalue weighted by atomic mass is 10.1. The standard InChI is InChI=1S/C18H20BrNO3/c19-14-5-3-13(4-6-14)17-9-7-15(8-10-18(21)22)20(17)12-16-2-1-11-23-16/h3-7,9,16H,1-2,8,10-12H2,(H,21,22)/t16-/m0/s1. The molecule has 1 aromatic carbocycles. The molecule has 2 aromatic rings. The summed E-state index contributed by atoms with van der Waals surface area (Å²) in [5.41, 5.74) is 3.31. The lowest BCUT2D eigenvalue weighted by Crippen LogP contribution is -2.18. The molecule has 0 saturated carbocycles. The topological polar surface area (TPSA) is 51.5 Å². The van der Waals surface area contributed by atoms with Gasteiger partial charge in [0.2, 0.25) is 0 Å². The molecule has 1 atom stereocenters. The third kappa shape index (κ3) is 4.03. The van der Waals surface area contributed by atoms with Crippen molar-refractivity contribution in [3.05, 3.63) is 46.6 Å². The Morgan fingerprint density at radius 3 is 2.70 bits per heavy atom. The highest BCUT2D eigenvalue weighted by Crippen LogP contribution is 2.27. The smallest absolute Gasteiger partial charge is 0.303 e. The Balaban J connectivity index is 1.90. The fourth-order valence-electron chi connectivity index (χ4n) is 3.04. The van der Waals surface area contributed by atoms with Crippen LogP contribution in [0.2, 0.25) is 0 Å². The Bertz CT molecular complexity index is 672. The summed E-state index contributed by atoms with van der Waals surface area (Å²) in [6, 6.07) is 12.3. The molecular weight excluding hydrogens is 358 g/mol. The normalized spacial score (nSPS) is 17.5. The largest absolute Gasteiger partial charge is 0.481 e. The molecule has 0 spiro atoms. The first-order chi connectivity index (χ1) is 11.1. The summed E-state index contributed by atoms with van der Waals surface area (Å²) >= 11 is 3.46. The second-order valence-electron chi connectivity index (χ2n) is 5.86. The summed E-state index contributed by atoms with van der Waals surface area (Å²) in [5.74, 6) is -0.764. The van der Waals surface area contributed by atoms with Crippen LogP contribution in [0.1, 0.15) is 25.0 Å². The molecule has 122 valence electrons. The molecule has 5 heteroatoms. The van der Waals surface area contributed by atoms with Crippen molar-refractivity contribution in [2.75, 3.05) is 6.61 Å². The summed E-state index contributed by atoms with van der Waals surface area (Å²) in [4.78, 5) is 10.9. The number of benzene rings is 1. The Kier molecular flexibility index (Phi) is 5.18. The summed E-state index contributed by atoms with van der Waals surface area (Å²) < 4.78 is 9.04. The minimum atomic E-state index is -0.764. The second kappa shape index (κ2) is 7.32. The van der Waals surface area contributed by atoms with Crippen molar-refractivity contribution in [3.8, 4) is 11.3 Å². The molecule has 1 fully saturated rings. The zero-order valence-corrected chi connectivity index (χ0v) is 14.5. The minimum Gasteiger partial charge on any atom is -0.481 e. The van der Waals surface area contributed by atoms with Gasteiger partial charge in [-0.05, 0) is 49.1 Å². The molecule has 1 N–H and O–H groups in total. The zero-order valence-electron chi connectivity index (χ0n) is 12.9.